The van der Waals surface area contributed by atoms with Gasteiger partial charge in [0.15, 0.2) is 0 Å². The second kappa shape index (κ2) is 9.10. The molecule has 4 aromatic rings. The van der Waals surface area contributed by atoms with Crippen molar-refractivity contribution < 1.29 is 14.4 Å². The Morgan fingerprint density at radius 2 is 1.64 bits per heavy atom. The summed E-state index contributed by atoms with van der Waals surface area (Å²) in [4.78, 5) is 17.6. The van der Waals surface area contributed by atoms with Gasteiger partial charge in [-0.1, -0.05) is 89.0 Å². The highest BCUT2D eigenvalue weighted by molar-refractivity contribution is 6.33. The largest absolute Gasteiger partial charge is 0.488 e. The van der Waals surface area contributed by atoms with Gasteiger partial charge in [0.05, 0.1) is 5.57 Å². The summed E-state index contributed by atoms with van der Waals surface area (Å²) in [5.41, 5.74) is 3.15. The van der Waals surface area contributed by atoms with Crippen LogP contribution in [0, 0.1) is 0 Å². The van der Waals surface area contributed by atoms with Crippen LogP contribution in [0.1, 0.15) is 16.7 Å². The van der Waals surface area contributed by atoms with Gasteiger partial charge in [0.2, 0.25) is 0 Å². The molecule has 1 aliphatic heterocycles. The zero-order valence-corrected chi connectivity index (χ0v) is 18.8. The van der Waals surface area contributed by atoms with Crippen LogP contribution < -0.4 is 4.74 Å². The Bertz CT molecular complexity index is 1430. The second-order valence-corrected chi connectivity index (χ2v) is 8.31. The van der Waals surface area contributed by atoms with Crippen molar-refractivity contribution in [3.63, 3.8) is 0 Å². The molecule has 0 unspecified atom stereocenters. The van der Waals surface area contributed by atoms with Crippen molar-refractivity contribution in [1.29, 1.82) is 0 Å². The summed E-state index contributed by atoms with van der Waals surface area (Å²) in [7, 11) is 0. The van der Waals surface area contributed by atoms with E-state index in [1.54, 1.807) is 30.3 Å². The first kappa shape index (κ1) is 21.3. The first-order chi connectivity index (χ1) is 16.1. The van der Waals surface area contributed by atoms with Crippen LogP contribution in [-0.2, 0) is 16.2 Å². The molecule has 6 heteroatoms. The van der Waals surface area contributed by atoms with Crippen LogP contribution in [0.2, 0.25) is 10.0 Å². The topological polar surface area (TPSA) is 47.9 Å². The zero-order chi connectivity index (χ0) is 22.8. The van der Waals surface area contributed by atoms with E-state index in [0.717, 1.165) is 27.5 Å². The normalized spacial score (nSPS) is 14.4. The van der Waals surface area contributed by atoms with Crippen molar-refractivity contribution in [3.8, 4) is 5.75 Å². The summed E-state index contributed by atoms with van der Waals surface area (Å²) >= 11 is 12.3. The summed E-state index contributed by atoms with van der Waals surface area (Å²) in [5.74, 6) is 0.0983. The fourth-order valence-corrected chi connectivity index (χ4v) is 4.01. The van der Waals surface area contributed by atoms with Crippen LogP contribution in [0.4, 0.5) is 0 Å². The molecule has 0 spiro atoms. The number of nitrogens with zero attached hydrogens (tertiary/aromatic N) is 1. The lowest BCUT2D eigenvalue weighted by Crippen LogP contribution is -2.07. The molecule has 0 atom stereocenters. The number of carbonyl (C=O) groups excluding carboxylic acids is 1. The smallest absolute Gasteiger partial charge is 0.368 e. The molecule has 0 bridgehead atoms. The third-order valence-electron chi connectivity index (χ3n) is 5.37. The average Bonchev–Trinajstić information content (AvgIpc) is 3.20. The highest BCUT2D eigenvalue weighted by Crippen LogP contribution is 2.33. The Morgan fingerprint density at radius 3 is 2.45 bits per heavy atom. The van der Waals surface area contributed by atoms with E-state index < -0.39 is 5.97 Å². The van der Waals surface area contributed by atoms with Gasteiger partial charge in [-0.2, -0.15) is 0 Å². The Hall–Kier alpha value is -3.60. The van der Waals surface area contributed by atoms with E-state index in [9.17, 15) is 4.79 Å². The lowest BCUT2D eigenvalue weighted by molar-refractivity contribution is -0.136. The predicted octanol–water partition coefficient (Wildman–Crippen LogP) is 7.07. The lowest BCUT2D eigenvalue weighted by Gasteiger charge is -2.13. The molecule has 1 aliphatic rings. The number of oxime groups is 1. The van der Waals surface area contributed by atoms with Crippen molar-refractivity contribution in [1.82, 2.24) is 0 Å². The molecule has 0 N–H and O–H groups in total. The SMILES string of the molecule is O=C1ON=C(c2ccc(Cl)cc2)/C1=C/c1c(OCc2ccccc2Cl)ccc2ccccc12. The molecule has 0 radical (unpaired) electrons. The number of hydrogen-bond acceptors (Lipinski definition) is 4. The summed E-state index contributed by atoms with van der Waals surface area (Å²) in [6.07, 6.45) is 1.77. The molecule has 0 amide bonds. The molecule has 4 nitrogen and oxygen atoms in total. The molecule has 0 fully saturated rings. The van der Waals surface area contributed by atoms with Gasteiger partial charge in [-0.05, 0) is 41.1 Å². The van der Waals surface area contributed by atoms with Gasteiger partial charge in [-0.3, -0.25) is 0 Å². The predicted molar refractivity (Wildman–Crippen MR) is 132 cm³/mol. The molecule has 0 saturated heterocycles. The Labute approximate surface area is 200 Å². The number of rotatable bonds is 5. The van der Waals surface area contributed by atoms with Crippen LogP contribution in [0.3, 0.4) is 0 Å². The van der Waals surface area contributed by atoms with E-state index in [1.165, 1.54) is 0 Å². The Kier molecular flexibility index (Phi) is 5.86. The fourth-order valence-electron chi connectivity index (χ4n) is 3.69. The molecule has 5 rings (SSSR count). The van der Waals surface area contributed by atoms with Crippen LogP contribution in [0.15, 0.2) is 95.7 Å². The number of carbonyl (C=O) groups is 1. The number of fused-ring (bicyclic) bond motifs is 1. The first-order valence-electron chi connectivity index (χ1n) is 10.3. The van der Waals surface area contributed by atoms with Crippen molar-refractivity contribution in [2.45, 2.75) is 6.61 Å². The third-order valence-corrected chi connectivity index (χ3v) is 5.99. The van der Waals surface area contributed by atoms with Gasteiger partial charge in [0.25, 0.3) is 0 Å². The standard InChI is InChI=1S/C27H17Cl2NO3/c28-20-12-9-18(10-13-20)26-23(27(31)33-30-26)15-22-21-7-3-1-5-17(21)11-14-25(22)32-16-19-6-2-4-8-24(19)29/h1-15H,16H2/b23-15-. The summed E-state index contributed by atoms with van der Waals surface area (Å²) < 4.78 is 6.18. The maximum Gasteiger partial charge on any atom is 0.368 e. The van der Waals surface area contributed by atoms with E-state index in [4.69, 9.17) is 32.8 Å². The summed E-state index contributed by atoms with van der Waals surface area (Å²) in [6, 6.07) is 26.4. The van der Waals surface area contributed by atoms with Gasteiger partial charge in [-0.25, -0.2) is 4.79 Å². The molecule has 162 valence electrons. The maximum absolute atomic E-state index is 12.6. The van der Waals surface area contributed by atoms with Gasteiger partial charge in [0.1, 0.15) is 18.1 Å². The van der Waals surface area contributed by atoms with Crippen molar-refractivity contribution in [3.05, 3.63) is 117 Å². The highest BCUT2D eigenvalue weighted by Gasteiger charge is 2.27. The van der Waals surface area contributed by atoms with E-state index in [0.29, 0.717) is 27.1 Å². The van der Waals surface area contributed by atoms with Gasteiger partial charge < -0.3 is 9.57 Å². The van der Waals surface area contributed by atoms with Crippen molar-refractivity contribution in [2.24, 2.45) is 5.16 Å². The Morgan fingerprint density at radius 1 is 0.879 bits per heavy atom. The molecule has 4 aromatic carbocycles. The van der Waals surface area contributed by atoms with Crippen molar-refractivity contribution >= 4 is 51.7 Å². The number of halogens is 2. The molecule has 33 heavy (non-hydrogen) atoms. The van der Waals surface area contributed by atoms with E-state index in [2.05, 4.69) is 5.16 Å². The van der Waals surface area contributed by atoms with Gasteiger partial charge in [-0.15, -0.1) is 0 Å². The fraction of sp³-hybridized carbons (Fsp3) is 0.0370. The van der Waals surface area contributed by atoms with Gasteiger partial charge in [0, 0.05) is 26.7 Å². The van der Waals surface area contributed by atoms with E-state index in [1.807, 2.05) is 60.7 Å². The van der Waals surface area contributed by atoms with Gasteiger partial charge >= 0.3 is 5.97 Å². The molecule has 0 saturated carbocycles. The molecule has 0 aromatic heterocycles. The third kappa shape index (κ3) is 4.36. The second-order valence-electron chi connectivity index (χ2n) is 7.46. The molecular formula is C27H17Cl2NO3. The number of hydrogen-bond donors (Lipinski definition) is 0. The Balaban J connectivity index is 1.59. The average molecular weight is 474 g/mol. The summed E-state index contributed by atoms with van der Waals surface area (Å²) in [5, 5.41) is 7.20. The quantitative estimate of drug-likeness (QED) is 0.230. The van der Waals surface area contributed by atoms with Crippen LogP contribution in [0.25, 0.3) is 16.8 Å². The van der Waals surface area contributed by atoms with E-state index >= 15 is 0 Å². The number of ether oxygens (including phenoxy) is 1. The minimum atomic E-state index is -0.523. The molecular weight excluding hydrogens is 457 g/mol. The molecule has 0 aliphatic carbocycles. The van der Waals surface area contributed by atoms with Crippen LogP contribution >= 0.6 is 23.2 Å². The van der Waals surface area contributed by atoms with Crippen LogP contribution in [0.5, 0.6) is 5.75 Å². The van der Waals surface area contributed by atoms with Crippen molar-refractivity contribution in [2.75, 3.05) is 0 Å². The first-order valence-corrected chi connectivity index (χ1v) is 11.0. The zero-order valence-electron chi connectivity index (χ0n) is 17.3. The monoisotopic (exact) mass is 473 g/mol. The van der Waals surface area contributed by atoms with Crippen LogP contribution in [-0.4, -0.2) is 11.7 Å². The lowest BCUT2D eigenvalue weighted by atomic mass is 9.97. The maximum atomic E-state index is 12.6. The van der Waals surface area contributed by atoms with E-state index in [-0.39, 0.29) is 6.61 Å². The highest BCUT2D eigenvalue weighted by atomic mass is 35.5. The summed E-state index contributed by atoms with van der Waals surface area (Å²) in [6.45, 7) is 0.288. The molecule has 1 heterocycles. The minimum absolute atomic E-state index is 0.288. The minimum Gasteiger partial charge on any atom is -0.488 e. The number of benzene rings is 4.